The molecule has 1 aliphatic heterocycles. The third-order valence-corrected chi connectivity index (χ3v) is 6.73. The van der Waals surface area contributed by atoms with E-state index >= 15 is 0 Å². The van der Waals surface area contributed by atoms with Gasteiger partial charge in [0.25, 0.3) is 5.91 Å². The molecule has 2 unspecified atom stereocenters. The fourth-order valence-corrected chi connectivity index (χ4v) is 4.76. The lowest BCUT2D eigenvalue weighted by Gasteiger charge is -2.37. The molecule has 188 valence electrons. The third-order valence-electron chi connectivity index (χ3n) is 6.41. The van der Waals surface area contributed by atoms with E-state index in [0.29, 0.717) is 35.6 Å². The maximum atomic E-state index is 14.1. The normalized spacial score (nSPS) is 17.4. The maximum Gasteiger partial charge on any atom is 0.256 e. The van der Waals surface area contributed by atoms with Gasteiger partial charge in [-0.05, 0) is 36.8 Å². The molecule has 2 N–H and O–H groups in total. The van der Waals surface area contributed by atoms with E-state index in [-0.39, 0.29) is 17.1 Å². The number of carbonyl (C=O) groups excluding carboxylic acids is 1. The number of carbonyl (C=O) groups is 1. The zero-order valence-electron chi connectivity index (χ0n) is 19.7. The van der Waals surface area contributed by atoms with Crippen molar-refractivity contribution in [1.82, 2.24) is 19.9 Å². The molecule has 2 atom stereocenters. The largest absolute Gasteiger partial charge is 0.495 e. The second-order valence-electron chi connectivity index (χ2n) is 8.64. The molecule has 4 aromatic rings. The van der Waals surface area contributed by atoms with Crippen molar-refractivity contribution in [2.75, 3.05) is 25.1 Å². The van der Waals surface area contributed by atoms with Crippen LogP contribution in [0.4, 0.5) is 10.2 Å². The van der Waals surface area contributed by atoms with E-state index in [4.69, 9.17) is 16.3 Å². The number of aliphatic hydroxyl groups is 1. The summed E-state index contributed by atoms with van der Waals surface area (Å²) in [5, 5.41) is 27.2. The highest BCUT2D eigenvalue weighted by Crippen LogP contribution is 2.31. The Hall–Kier alpha value is -4.20. The number of hydrogen-bond donors (Lipinski definition) is 2. The lowest BCUT2D eigenvalue weighted by molar-refractivity contribution is 0.0794. The monoisotopic (exact) mass is 520 g/mol. The fourth-order valence-electron chi connectivity index (χ4n) is 4.51. The highest BCUT2D eigenvalue weighted by molar-refractivity contribution is 6.33. The molecule has 0 bridgehead atoms. The van der Waals surface area contributed by atoms with Crippen LogP contribution < -0.4 is 15.0 Å². The molecule has 1 fully saturated rings. The first-order valence-corrected chi connectivity index (χ1v) is 11.9. The van der Waals surface area contributed by atoms with E-state index in [9.17, 15) is 19.6 Å². The predicted octanol–water partition coefficient (Wildman–Crippen LogP) is 3.44. The first kappa shape index (κ1) is 24.5. The number of piperidine rings is 1. The summed E-state index contributed by atoms with van der Waals surface area (Å²) in [6.45, 7) is 0.747. The highest BCUT2D eigenvalue weighted by Gasteiger charge is 2.31. The topological polar surface area (TPSA) is 116 Å². The molecule has 1 aliphatic rings. The summed E-state index contributed by atoms with van der Waals surface area (Å²) in [6, 6.07) is 11.2. The molecule has 9 nitrogen and oxygen atoms in total. The number of nitrogens with zero attached hydrogens (tertiary/aromatic N) is 5. The van der Waals surface area contributed by atoms with Gasteiger partial charge in [-0.2, -0.15) is 10.4 Å². The molecule has 1 amide bonds. The number of fused-ring (bicyclic) bond motifs is 1. The van der Waals surface area contributed by atoms with Crippen molar-refractivity contribution in [1.29, 1.82) is 5.26 Å². The standard InChI is InChI=1S/C26H22ClFN6O3/c1-37-17-9-18(25-16(10-29)12-31-34(25)13-17)15-5-6-23(30-11-15)33-8-7-21(22(35)14-33)32-26(36)24-19(27)3-2-4-20(24)28/h2-6,9,11-13,21-22,35H,7-8,14H2,1H3,(H,32,36). The van der Waals surface area contributed by atoms with Gasteiger partial charge in [0, 0.05) is 30.4 Å². The second-order valence-corrected chi connectivity index (χ2v) is 9.05. The minimum absolute atomic E-state index is 0.0137. The van der Waals surface area contributed by atoms with E-state index < -0.39 is 23.9 Å². The van der Waals surface area contributed by atoms with Crippen molar-refractivity contribution < 1.29 is 19.0 Å². The Kier molecular flexibility index (Phi) is 6.65. The molecule has 5 rings (SSSR count). The molecule has 3 aromatic heterocycles. The summed E-state index contributed by atoms with van der Waals surface area (Å²) in [5.41, 5.74) is 2.38. The van der Waals surface area contributed by atoms with Gasteiger partial charge in [0.05, 0.1) is 53.3 Å². The maximum absolute atomic E-state index is 14.1. The minimum Gasteiger partial charge on any atom is -0.495 e. The molecule has 0 aliphatic carbocycles. The lowest BCUT2D eigenvalue weighted by Crippen LogP contribution is -2.54. The lowest BCUT2D eigenvalue weighted by atomic mass is 10.0. The molecule has 1 saturated heterocycles. The van der Waals surface area contributed by atoms with Gasteiger partial charge in [-0.3, -0.25) is 4.79 Å². The summed E-state index contributed by atoms with van der Waals surface area (Å²) >= 11 is 5.99. The van der Waals surface area contributed by atoms with E-state index in [1.165, 1.54) is 24.4 Å². The number of amides is 1. The van der Waals surface area contributed by atoms with Gasteiger partial charge in [-0.1, -0.05) is 17.7 Å². The molecule has 4 heterocycles. The van der Waals surface area contributed by atoms with Crippen LogP contribution in [0, 0.1) is 17.1 Å². The molecule has 37 heavy (non-hydrogen) atoms. The number of anilines is 1. The number of pyridine rings is 2. The van der Waals surface area contributed by atoms with Crippen LogP contribution in [0.5, 0.6) is 5.75 Å². The van der Waals surface area contributed by atoms with Crippen molar-refractivity contribution in [2.45, 2.75) is 18.6 Å². The Balaban J connectivity index is 1.32. The second kappa shape index (κ2) is 10.0. The van der Waals surface area contributed by atoms with Gasteiger partial charge in [-0.25, -0.2) is 13.9 Å². The molecule has 0 radical (unpaired) electrons. The van der Waals surface area contributed by atoms with Crippen molar-refractivity contribution in [3.05, 3.63) is 77.0 Å². The Morgan fingerprint density at radius 3 is 2.84 bits per heavy atom. The summed E-state index contributed by atoms with van der Waals surface area (Å²) in [5.74, 6) is -0.141. The van der Waals surface area contributed by atoms with Gasteiger partial charge >= 0.3 is 0 Å². The minimum atomic E-state index is -0.896. The number of rotatable bonds is 5. The number of halogens is 2. The van der Waals surface area contributed by atoms with Crippen LogP contribution >= 0.6 is 11.6 Å². The Morgan fingerprint density at radius 1 is 1.32 bits per heavy atom. The number of hydrogen-bond acceptors (Lipinski definition) is 7. The van der Waals surface area contributed by atoms with Crippen LogP contribution in [-0.4, -0.2) is 58.0 Å². The molecular formula is C26H22ClFN6O3. The van der Waals surface area contributed by atoms with Crippen LogP contribution in [0.15, 0.2) is 55.0 Å². The van der Waals surface area contributed by atoms with Gasteiger partial charge in [0.2, 0.25) is 0 Å². The average Bonchev–Trinajstić information content (AvgIpc) is 3.32. The molecule has 1 aromatic carbocycles. The number of benzene rings is 1. The number of aromatic nitrogens is 3. The van der Waals surface area contributed by atoms with Gasteiger partial charge in [0.1, 0.15) is 23.5 Å². The van der Waals surface area contributed by atoms with Crippen LogP contribution in [-0.2, 0) is 0 Å². The van der Waals surface area contributed by atoms with Crippen LogP contribution in [0.3, 0.4) is 0 Å². The summed E-state index contributed by atoms with van der Waals surface area (Å²) < 4.78 is 21.1. The van der Waals surface area contributed by atoms with Crippen molar-refractivity contribution in [2.24, 2.45) is 0 Å². The summed E-state index contributed by atoms with van der Waals surface area (Å²) in [6.07, 6.45) is 4.43. The first-order valence-electron chi connectivity index (χ1n) is 11.5. The first-order chi connectivity index (χ1) is 17.9. The number of β-amino-alcohol motifs (C(OH)–C–C–N with tert-alkyl or cyclic N) is 1. The smallest absolute Gasteiger partial charge is 0.256 e. The zero-order chi connectivity index (χ0) is 26.1. The van der Waals surface area contributed by atoms with E-state index in [1.54, 1.807) is 24.0 Å². The fraction of sp³-hybridized carbons (Fsp3) is 0.231. The number of methoxy groups -OCH3 is 1. The van der Waals surface area contributed by atoms with E-state index in [2.05, 4.69) is 21.5 Å². The number of nitrogens with one attached hydrogen (secondary N) is 1. The van der Waals surface area contributed by atoms with E-state index in [1.807, 2.05) is 23.1 Å². The van der Waals surface area contributed by atoms with Crippen LogP contribution in [0.1, 0.15) is 22.3 Å². The molecule has 11 heteroatoms. The zero-order valence-corrected chi connectivity index (χ0v) is 20.5. The van der Waals surface area contributed by atoms with Crippen LogP contribution in [0.2, 0.25) is 5.02 Å². The molecular weight excluding hydrogens is 499 g/mol. The average molecular weight is 521 g/mol. The van der Waals surface area contributed by atoms with Gasteiger partial charge < -0.3 is 20.1 Å². The Labute approximate surface area is 216 Å². The summed E-state index contributed by atoms with van der Waals surface area (Å²) in [4.78, 5) is 19.1. The van der Waals surface area contributed by atoms with E-state index in [0.717, 1.165) is 11.1 Å². The Bertz CT molecular complexity index is 1500. The van der Waals surface area contributed by atoms with Crippen LogP contribution in [0.25, 0.3) is 16.6 Å². The van der Waals surface area contributed by atoms with Crippen molar-refractivity contribution >= 4 is 28.8 Å². The number of nitriles is 1. The van der Waals surface area contributed by atoms with Crippen molar-refractivity contribution in [3.8, 4) is 22.9 Å². The third kappa shape index (κ3) is 4.67. The van der Waals surface area contributed by atoms with Gasteiger partial charge in [0.15, 0.2) is 0 Å². The predicted molar refractivity (Wildman–Crippen MR) is 135 cm³/mol. The van der Waals surface area contributed by atoms with Gasteiger partial charge in [-0.15, -0.1) is 0 Å². The quantitative estimate of drug-likeness (QED) is 0.414. The molecule has 0 spiro atoms. The van der Waals surface area contributed by atoms with Crippen molar-refractivity contribution in [3.63, 3.8) is 0 Å². The number of ether oxygens (including phenoxy) is 1. The summed E-state index contributed by atoms with van der Waals surface area (Å²) in [7, 11) is 1.56. The molecule has 0 saturated carbocycles. The Morgan fingerprint density at radius 2 is 2.16 bits per heavy atom. The highest BCUT2D eigenvalue weighted by atomic mass is 35.5. The SMILES string of the molecule is COc1cc(-c2ccc(N3CCC(NC(=O)c4c(F)cccc4Cl)C(O)C3)nc2)c2c(C#N)cnn2c1. The number of aliphatic hydroxyl groups excluding tert-OH is 1.